The quantitative estimate of drug-likeness (QED) is 0.682. The summed E-state index contributed by atoms with van der Waals surface area (Å²) in [6.07, 6.45) is -3.92. The summed E-state index contributed by atoms with van der Waals surface area (Å²) in [6.45, 7) is 4.89. The largest absolute Gasteiger partial charge is 0.416 e. The molecule has 0 aliphatic rings. The van der Waals surface area contributed by atoms with Crippen molar-refractivity contribution in [3.8, 4) is 0 Å². The standard InChI is InChI=1S/C10H12F3N/c1-4-8-7(3)14-6(2)5-9(8)10(11,12)13/h5H,4H2,1-3H3. The Morgan fingerprint density at radius 1 is 1.29 bits per heavy atom. The minimum atomic E-state index is -4.27. The molecule has 1 aromatic rings. The van der Waals surface area contributed by atoms with Crippen LogP contribution in [0.15, 0.2) is 6.07 Å². The van der Waals surface area contributed by atoms with Crippen molar-refractivity contribution in [2.24, 2.45) is 0 Å². The van der Waals surface area contributed by atoms with Crippen LogP contribution in [0.2, 0.25) is 0 Å². The van der Waals surface area contributed by atoms with Gasteiger partial charge in [0.25, 0.3) is 0 Å². The molecule has 14 heavy (non-hydrogen) atoms. The van der Waals surface area contributed by atoms with Crippen molar-refractivity contribution in [3.63, 3.8) is 0 Å². The molecule has 0 saturated carbocycles. The van der Waals surface area contributed by atoms with Gasteiger partial charge in [0.2, 0.25) is 0 Å². The third-order valence-electron chi connectivity index (χ3n) is 2.12. The van der Waals surface area contributed by atoms with Crippen LogP contribution in [0, 0.1) is 13.8 Å². The van der Waals surface area contributed by atoms with Gasteiger partial charge >= 0.3 is 6.18 Å². The van der Waals surface area contributed by atoms with Gasteiger partial charge in [-0.2, -0.15) is 13.2 Å². The minimum Gasteiger partial charge on any atom is -0.258 e. The van der Waals surface area contributed by atoms with Crippen molar-refractivity contribution in [1.29, 1.82) is 0 Å². The summed E-state index contributed by atoms with van der Waals surface area (Å²) in [7, 11) is 0. The van der Waals surface area contributed by atoms with Crippen LogP contribution in [0.3, 0.4) is 0 Å². The van der Waals surface area contributed by atoms with Crippen LogP contribution in [0.1, 0.15) is 29.4 Å². The zero-order valence-corrected chi connectivity index (χ0v) is 8.37. The summed E-state index contributed by atoms with van der Waals surface area (Å²) in [5.41, 5.74) is 0.625. The number of alkyl halides is 3. The molecule has 78 valence electrons. The maximum Gasteiger partial charge on any atom is 0.416 e. The van der Waals surface area contributed by atoms with Gasteiger partial charge in [-0.15, -0.1) is 0 Å². The number of pyridine rings is 1. The van der Waals surface area contributed by atoms with Gasteiger partial charge in [0, 0.05) is 11.4 Å². The van der Waals surface area contributed by atoms with Gasteiger partial charge in [-0.1, -0.05) is 6.92 Å². The Hall–Kier alpha value is -1.06. The number of hydrogen-bond donors (Lipinski definition) is 0. The molecule has 4 heteroatoms. The molecule has 0 aliphatic carbocycles. The number of aromatic nitrogens is 1. The molecule has 0 N–H and O–H groups in total. The van der Waals surface area contributed by atoms with E-state index in [4.69, 9.17) is 0 Å². The van der Waals surface area contributed by atoms with E-state index in [1.165, 1.54) is 0 Å². The Morgan fingerprint density at radius 2 is 1.86 bits per heavy atom. The van der Waals surface area contributed by atoms with E-state index in [1.54, 1.807) is 20.8 Å². The average Bonchev–Trinajstić information content (AvgIpc) is 2.01. The number of rotatable bonds is 1. The second kappa shape index (κ2) is 3.59. The average molecular weight is 203 g/mol. The second-order valence-corrected chi connectivity index (χ2v) is 3.23. The third-order valence-corrected chi connectivity index (χ3v) is 2.12. The second-order valence-electron chi connectivity index (χ2n) is 3.23. The van der Waals surface area contributed by atoms with E-state index in [0.717, 1.165) is 6.07 Å². The highest BCUT2D eigenvalue weighted by molar-refractivity contribution is 5.34. The first-order valence-electron chi connectivity index (χ1n) is 4.40. The molecule has 0 radical (unpaired) electrons. The van der Waals surface area contributed by atoms with E-state index in [1.807, 2.05) is 0 Å². The summed E-state index contributed by atoms with van der Waals surface area (Å²) in [6, 6.07) is 1.10. The lowest BCUT2D eigenvalue weighted by Gasteiger charge is -2.14. The Labute approximate surface area is 81.0 Å². The molecule has 0 aliphatic heterocycles. The van der Waals surface area contributed by atoms with Crippen molar-refractivity contribution in [2.45, 2.75) is 33.4 Å². The predicted molar refractivity (Wildman–Crippen MR) is 48.1 cm³/mol. The normalized spacial score (nSPS) is 11.9. The molecular weight excluding hydrogens is 191 g/mol. The van der Waals surface area contributed by atoms with Crippen LogP contribution in [0.25, 0.3) is 0 Å². The Bertz CT molecular complexity index is 342. The lowest BCUT2D eigenvalue weighted by atomic mass is 10.0. The fraction of sp³-hybridized carbons (Fsp3) is 0.500. The molecule has 1 aromatic heterocycles. The molecule has 1 heterocycles. The summed E-state index contributed by atoms with van der Waals surface area (Å²) >= 11 is 0. The molecule has 0 bridgehead atoms. The fourth-order valence-corrected chi connectivity index (χ4v) is 1.55. The van der Waals surface area contributed by atoms with Gasteiger partial charge in [-0.25, -0.2) is 0 Å². The topological polar surface area (TPSA) is 12.9 Å². The Balaban J connectivity index is 3.40. The monoisotopic (exact) mass is 203 g/mol. The van der Waals surface area contributed by atoms with Crippen molar-refractivity contribution in [2.75, 3.05) is 0 Å². The summed E-state index contributed by atoms with van der Waals surface area (Å²) in [5.74, 6) is 0. The molecule has 1 rings (SSSR count). The van der Waals surface area contributed by atoms with Crippen molar-refractivity contribution in [1.82, 2.24) is 4.98 Å². The van der Waals surface area contributed by atoms with Crippen molar-refractivity contribution >= 4 is 0 Å². The molecule has 0 amide bonds. The summed E-state index contributed by atoms with van der Waals surface area (Å²) in [5, 5.41) is 0. The van der Waals surface area contributed by atoms with Crippen LogP contribution in [0.4, 0.5) is 13.2 Å². The first kappa shape index (κ1) is 11.0. The lowest BCUT2D eigenvalue weighted by Crippen LogP contribution is -2.12. The number of halogens is 3. The zero-order valence-electron chi connectivity index (χ0n) is 8.37. The smallest absolute Gasteiger partial charge is 0.258 e. The van der Waals surface area contributed by atoms with Crippen LogP contribution in [-0.2, 0) is 12.6 Å². The Morgan fingerprint density at radius 3 is 2.29 bits per heavy atom. The molecule has 0 unspecified atom stereocenters. The van der Waals surface area contributed by atoms with Crippen LogP contribution < -0.4 is 0 Å². The molecule has 0 fully saturated rings. The summed E-state index contributed by atoms with van der Waals surface area (Å²) in [4.78, 5) is 4.02. The number of hydrogen-bond acceptors (Lipinski definition) is 1. The minimum absolute atomic E-state index is 0.295. The van der Waals surface area contributed by atoms with Crippen LogP contribution in [0.5, 0.6) is 0 Å². The third kappa shape index (κ3) is 2.05. The maximum absolute atomic E-state index is 12.6. The summed E-state index contributed by atoms with van der Waals surface area (Å²) < 4.78 is 37.7. The van der Waals surface area contributed by atoms with Gasteiger partial charge in [0.05, 0.1) is 5.56 Å². The van der Waals surface area contributed by atoms with E-state index >= 15 is 0 Å². The van der Waals surface area contributed by atoms with Crippen molar-refractivity contribution in [3.05, 3.63) is 28.6 Å². The molecule has 0 atom stereocenters. The van der Waals surface area contributed by atoms with Gasteiger partial charge < -0.3 is 0 Å². The van der Waals surface area contributed by atoms with Gasteiger partial charge in [0.1, 0.15) is 0 Å². The van der Waals surface area contributed by atoms with Crippen LogP contribution >= 0.6 is 0 Å². The highest BCUT2D eigenvalue weighted by atomic mass is 19.4. The van der Waals surface area contributed by atoms with Gasteiger partial charge in [-0.3, -0.25) is 4.98 Å². The fourth-order valence-electron chi connectivity index (χ4n) is 1.55. The molecular formula is C10H12F3N. The first-order chi connectivity index (χ1) is 6.36. The maximum atomic E-state index is 12.6. The Kier molecular flexibility index (Phi) is 2.83. The molecule has 0 aromatic carbocycles. The molecule has 0 saturated heterocycles. The SMILES string of the molecule is CCc1c(C(F)(F)F)cc(C)nc1C. The van der Waals surface area contributed by atoms with E-state index in [9.17, 15) is 13.2 Å². The molecule has 1 nitrogen and oxygen atoms in total. The zero-order chi connectivity index (χ0) is 10.9. The van der Waals surface area contributed by atoms with E-state index in [0.29, 0.717) is 23.4 Å². The highest BCUT2D eigenvalue weighted by Gasteiger charge is 2.33. The van der Waals surface area contributed by atoms with E-state index in [2.05, 4.69) is 4.98 Å². The highest BCUT2D eigenvalue weighted by Crippen LogP contribution is 2.33. The van der Waals surface area contributed by atoms with Gasteiger partial charge in [-0.05, 0) is 31.9 Å². The molecule has 0 spiro atoms. The van der Waals surface area contributed by atoms with Gasteiger partial charge in [0.15, 0.2) is 0 Å². The van der Waals surface area contributed by atoms with Crippen LogP contribution in [-0.4, -0.2) is 4.98 Å². The lowest BCUT2D eigenvalue weighted by molar-refractivity contribution is -0.138. The van der Waals surface area contributed by atoms with E-state index in [-0.39, 0.29) is 0 Å². The van der Waals surface area contributed by atoms with E-state index < -0.39 is 11.7 Å². The number of nitrogens with zero attached hydrogens (tertiary/aromatic N) is 1. The predicted octanol–water partition coefficient (Wildman–Crippen LogP) is 3.28. The first-order valence-corrected chi connectivity index (χ1v) is 4.40. The number of aryl methyl sites for hydroxylation is 2. The van der Waals surface area contributed by atoms with Crippen molar-refractivity contribution < 1.29 is 13.2 Å².